The molecule has 0 saturated heterocycles. The third-order valence-corrected chi connectivity index (χ3v) is 4.92. The Hall–Kier alpha value is -2.86. The van der Waals surface area contributed by atoms with Gasteiger partial charge in [0.05, 0.1) is 6.21 Å². The topological polar surface area (TPSA) is 79.8 Å². The highest BCUT2D eigenvalue weighted by Crippen LogP contribution is 2.17. The van der Waals surface area contributed by atoms with Crippen LogP contribution in [0.25, 0.3) is 0 Å². The molecule has 1 saturated carbocycles. The first kappa shape index (κ1) is 20.9. The monoisotopic (exact) mass is 413 g/mol. The van der Waals surface area contributed by atoms with E-state index >= 15 is 0 Å². The van der Waals surface area contributed by atoms with Gasteiger partial charge in [-0.25, -0.2) is 5.43 Å². The number of ether oxygens (including phenoxy) is 1. The molecule has 6 nitrogen and oxygen atoms in total. The third kappa shape index (κ3) is 6.91. The molecule has 2 aromatic rings. The van der Waals surface area contributed by atoms with E-state index in [0.717, 1.165) is 18.4 Å². The molecule has 1 aliphatic carbocycles. The summed E-state index contributed by atoms with van der Waals surface area (Å²) < 4.78 is 5.54. The van der Waals surface area contributed by atoms with Gasteiger partial charge in [0.25, 0.3) is 11.8 Å². The van der Waals surface area contributed by atoms with Crippen molar-refractivity contribution in [3.05, 3.63) is 64.7 Å². The number of hydrogen-bond acceptors (Lipinski definition) is 4. The zero-order valence-electron chi connectivity index (χ0n) is 16.1. The predicted molar refractivity (Wildman–Crippen MR) is 113 cm³/mol. The molecule has 0 aliphatic heterocycles. The van der Waals surface area contributed by atoms with Crippen LogP contribution in [0.15, 0.2) is 53.6 Å². The van der Waals surface area contributed by atoms with Crippen molar-refractivity contribution in [2.45, 2.75) is 38.1 Å². The predicted octanol–water partition coefficient (Wildman–Crippen LogP) is 3.93. The van der Waals surface area contributed by atoms with Crippen LogP contribution < -0.4 is 15.5 Å². The normalized spacial score (nSPS) is 14.5. The lowest BCUT2D eigenvalue weighted by Crippen LogP contribution is -2.38. The van der Waals surface area contributed by atoms with E-state index in [0.29, 0.717) is 16.3 Å². The molecule has 152 valence electrons. The van der Waals surface area contributed by atoms with Crippen molar-refractivity contribution in [1.82, 2.24) is 10.7 Å². The van der Waals surface area contributed by atoms with Gasteiger partial charge in [-0.15, -0.1) is 0 Å². The largest absolute Gasteiger partial charge is 0.484 e. The number of carbonyl (C=O) groups is 2. The SMILES string of the molecule is O=C(COc1ccc(/C=N\NC(=O)c2cccc(Cl)c2)cc1)NC1CCCCC1. The number of carbonyl (C=O) groups excluding carboxylic acids is 2. The zero-order chi connectivity index (χ0) is 20.5. The van der Waals surface area contributed by atoms with E-state index in [2.05, 4.69) is 15.8 Å². The summed E-state index contributed by atoms with van der Waals surface area (Å²) in [6, 6.07) is 14.0. The molecule has 1 aliphatic rings. The summed E-state index contributed by atoms with van der Waals surface area (Å²) in [6.07, 6.45) is 7.23. The molecule has 2 amide bonds. The van der Waals surface area contributed by atoms with Gasteiger partial charge in [0.15, 0.2) is 6.61 Å². The van der Waals surface area contributed by atoms with Crippen molar-refractivity contribution in [1.29, 1.82) is 0 Å². The molecule has 0 aromatic heterocycles. The molecule has 2 N–H and O–H groups in total. The highest BCUT2D eigenvalue weighted by atomic mass is 35.5. The van der Waals surface area contributed by atoms with Gasteiger partial charge in [-0.05, 0) is 60.9 Å². The van der Waals surface area contributed by atoms with Crippen LogP contribution >= 0.6 is 11.6 Å². The van der Waals surface area contributed by atoms with Gasteiger partial charge in [-0.3, -0.25) is 9.59 Å². The van der Waals surface area contributed by atoms with Crippen LogP contribution in [0.2, 0.25) is 5.02 Å². The van der Waals surface area contributed by atoms with Crippen molar-refractivity contribution in [3.63, 3.8) is 0 Å². The van der Waals surface area contributed by atoms with Crippen molar-refractivity contribution in [3.8, 4) is 5.75 Å². The quantitative estimate of drug-likeness (QED) is 0.533. The van der Waals surface area contributed by atoms with E-state index in [9.17, 15) is 9.59 Å². The maximum atomic E-state index is 12.0. The van der Waals surface area contributed by atoms with Crippen molar-refractivity contribution in [2.75, 3.05) is 6.61 Å². The number of amides is 2. The molecule has 1 fully saturated rings. The Labute approximate surface area is 175 Å². The van der Waals surface area contributed by atoms with Gasteiger partial charge in [0.2, 0.25) is 0 Å². The van der Waals surface area contributed by atoms with Gasteiger partial charge in [-0.1, -0.05) is 36.9 Å². The summed E-state index contributed by atoms with van der Waals surface area (Å²) in [4.78, 5) is 24.0. The van der Waals surface area contributed by atoms with E-state index in [-0.39, 0.29) is 24.5 Å². The molecule has 29 heavy (non-hydrogen) atoms. The van der Waals surface area contributed by atoms with Gasteiger partial charge < -0.3 is 10.1 Å². The average Bonchev–Trinajstić information content (AvgIpc) is 2.74. The second-order valence-electron chi connectivity index (χ2n) is 6.97. The molecule has 3 rings (SSSR count). The first-order valence-electron chi connectivity index (χ1n) is 9.71. The summed E-state index contributed by atoms with van der Waals surface area (Å²) in [7, 11) is 0. The Balaban J connectivity index is 1.42. The van der Waals surface area contributed by atoms with Crippen LogP contribution in [-0.2, 0) is 4.79 Å². The molecule has 0 heterocycles. The number of hydrazone groups is 1. The third-order valence-electron chi connectivity index (χ3n) is 4.69. The second-order valence-corrected chi connectivity index (χ2v) is 7.41. The van der Waals surface area contributed by atoms with Gasteiger partial charge >= 0.3 is 0 Å². The van der Waals surface area contributed by atoms with Crippen LogP contribution in [0.1, 0.15) is 48.0 Å². The molecular formula is C22H24ClN3O3. The smallest absolute Gasteiger partial charge is 0.271 e. The zero-order valence-corrected chi connectivity index (χ0v) is 16.8. The Morgan fingerprint density at radius 2 is 1.86 bits per heavy atom. The first-order chi connectivity index (χ1) is 14.1. The average molecular weight is 414 g/mol. The lowest BCUT2D eigenvalue weighted by molar-refractivity contribution is -0.124. The summed E-state index contributed by atoms with van der Waals surface area (Å²) in [5, 5.41) is 7.46. The second kappa shape index (κ2) is 10.6. The molecule has 0 bridgehead atoms. The van der Waals surface area contributed by atoms with Crippen LogP contribution in [0.5, 0.6) is 5.75 Å². The minimum atomic E-state index is -0.340. The molecule has 0 radical (unpaired) electrons. The van der Waals surface area contributed by atoms with E-state index in [4.69, 9.17) is 16.3 Å². The Morgan fingerprint density at radius 3 is 2.59 bits per heavy atom. The maximum Gasteiger partial charge on any atom is 0.271 e. The highest BCUT2D eigenvalue weighted by molar-refractivity contribution is 6.30. The fourth-order valence-electron chi connectivity index (χ4n) is 3.17. The molecule has 7 heteroatoms. The van der Waals surface area contributed by atoms with E-state index in [1.807, 2.05) is 0 Å². The number of nitrogens with zero attached hydrogens (tertiary/aromatic N) is 1. The molecule has 0 spiro atoms. The summed E-state index contributed by atoms with van der Waals surface area (Å²) in [6.45, 7) is -0.000368. The van der Waals surface area contributed by atoms with Gasteiger partial charge in [0, 0.05) is 16.6 Å². The number of nitrogens with one attached hydrogen (secondary N) is 2. The van der Waals surface area contributed by atoms with Crippen molar-refractivity contribution < 1.29 is 14.3 Å². The lowest BCUT2D eigenvalue weighted by Gasteiger charge is -2.22. The number of benzene rings is 2. The van der Waals surface area contributed by atoms with Gasteiger partial charge in [-0.2, -0.15) is 5.10 Å². The fourth-order valence-corrected chi connectivity index (χ4v) is 3.37. The number of hydrogen-bond donors (Lipinski definition) is 2. The van der Waals surface area contributed by atoms with Crippen LogP contribution in [0.4, 0.5) is 0 Å². The Morgan fingerprint density at radius 1 is 1.10 bits per heavy atom. The highest BCUT2D eigenvalue weighted by Gasteiger charge is 2.15. The van der Waals surface area contributed by atoms with E-state index in [1.165, 1.54) is 25.5 Å². The molecule has 0 unspecified atom stereocenters. The fraction of sp³-hybridized carbons (Fsp3) is 0.318. The van der Waals surface area contributed by atoms with E-state index < -0.39 is 0 Å². The van der Waals surface area contributed by atoms with Crippen LogP contribution in [0, 0.1) is 0 Å². The summed E-state index contributed by atoms with van der Waals surface area (Å²) in [5.74, 6) is 0.169. The first-order valence-corrected chi connectivity index (χ1v) is 10.1. The number of rotatable bonds is 7. The van der Waals surface area contributed by atoms with E-state index in [1.54, 1.807) is 48.5 Å². The summed E-state index contributed by atoms with van der Waals surface area (Å²) >= 11 is 5.87. The molecule has 2 aromatic carbocycles. The summed E-state index contributed by atoms with van der Waals surface area (Å²) in [5.41, 5.74) is 3.68. The van der Waals surface area contributed by atoms with Crippen LogP contribution in [0.3, 0.4) is 0 Å². The molecule has 0 atom stereocenters. The van der Waals surface area contributed by atoms with Crippen molar-refractivity contribution >= 4 is 29.6 Å². The minimum Gasteiger partial charge on any atom is -0.484 e. The standard InChI is InChI=1S/C22H24ClN3O3/c23-18-6-4-5-17(13-18)22(28)26-24-14-16-9-11-20(12-10-16)29-15-21(27)25-19-7-2-1-3-8-19/h4-6,9-14,19H,1-3,7-8,15H2,(H,25,27)(H,26,28)/b24-14-. The number of halogens is 1. The van der Waals surface area contributed by atoms with Crippen LogP contribution in [-0.4, -0.2) is 30.7 Å². The Bertz CT molecular complexity index is 862. The maximum absolute atomic E-state index is 12.0. The van der Waals surface area contributed by atoms with Crippen molar-refractivity contribution in [2.24, 2.45) is 5.10 Å². The molecular weight excluding hydrogens is 390 g/mol. The minimum absolute atomic E-state index is 0.000368. The van der Waals surface area contributed by atoms with Gasteiger partial charge in [0.1, 0.15) is 5.75 Å². The lowest BCUT2D eigenvalue weighted by atomic mass is 9.95. The Kier molecular flexibility index (Phi) is 7.64.